The van der Waals surface area contributed by atoms with Crippen LogP contribution in [0.4, 0.5) is 5.82 Å². The Kier molecular flexibility index (Phi) is 5.46. The molecule has 18 heavy (non-hydrogen) atoms. The van der Waals surface area contributed by atoms with Crippen molar-refractivity contribution in [3.05, 3.63) is 23.9 Å². The quantitative estimate of drug-likeness (QED) is 0.835. The second kappa shape index (κ2) is 7.37. The number of hydrogen-bond donors (Lipinski definition) is 1. The number of hydrogen-bond acceptors (Lipinski definition) is 3. The molecule has 0 bridgehead atoms. The number of aromatic nitrogens is 1. The second-order valence-corrected chi connectivity index (χ2v) is 5.06. The summed E-state index contributed by atoms with van der Waals surface area (Å²) in [7, 11) is 0. The first kappa shape index (κ1) is 13.3. The fourth-order valence-electron chi connectivity index (χ4n) is 2.52. The van der Waals surface area contributed by atoms with Crippen LogP contribution in [0, 0.1) is 5.92 Å². The minimum absolute atomic E-state index is 0.635. The lowest BCUT2D eigenvalue weighted by atomic mass is 9.90. The number of nitrogens with one attached hydrogen (secondary N) is 1. The van der Waals surface area contributed by atoms with Crippen molar-refractivity contribution in [2.75, 3.05) is 18.5 Å². The lowest BCUT2D eigenvalue weighted by molar-refractivity contribution is 0.0721. The van der Waals surface area contributed by atoms with E-state index in [0.29, 0.717) is 6.61 Å². The monoisotopic (exact) mass is 248 g/mol. The van der Waals surface area contributed by atoms with Gasteiger partial charge in [0.25, 0.3) is 0 Å². The predicted octanol–water partition coefficient (Wildman–Crippen LogP) is 3.61. The van der Waals surface area contributed by atoms with Crippen LogP contribution in [0.1, 0.15) is 44.7 Å². The van der Waals surface area contributed by atoms with Crippen molar-refractivity contribution in [2.24, 2.45) is 5.92 Å². The Balaban J connectivity index is 1.73. The van der Waals surface area contributed by atoms with E-state index in [1.807, 2.05) is 18.2 Å². The summed E-state index contributed by atoms with van der Waals surface area (Å²) in [6.07, 6.45) is 6.84. The van der Waals surface area contributed by atoms with Gasteiger partial charge in [0.1, 0.15) is 5.82 Å². The molecule has 3 heteroatoms. The normalized spacial score (nSPS) is 16.7. The van der Waals surface area contributed by atoms with Crippen molar-refractivity contribution in [3.8, 4) is 0 Å². The van der Waals surface area contributed by atoms with E-state index in [2.05, 4.69) is 17.2 Å². The van der Waals surface area contributed by atoms with Gasteiger partial charge in [-0.05, 0) is 37.8 Å². The van der Waals surface area contributed by atoms with Crippen LogP contribution < -0.4 is 5.32 Å². The summed E-state index contributed by atoms with van der Waals surface area (Å²) < 4.78 is 5.80. The number of nitrogens with zero attached hydrogens (tertiary/aromatic N) is 1. The fraction of sp³-hybridized carbons (Fsp3) is 0.667. The van der Waals surface area contributed by atoms with Gasteiger partial charge in [-0.2, -0.15) is 0 Å². The van der Waals surface area contributed by atoms with Crippen LogP contribution >= 0.6 is 0 Å². The van der Waals surface area contributed by atoms with E-state index < -0.39 is 0 Å². The molecule has 1 aliphatic carbocycles. The Labute approximate surface area is 110 Å². The van der Waals surface area contributed by atoms with Crippen LogP contribution in [0.2, 0.25) is 0 Å². The molecule has 0 unspecified atom stereocenters. The topological polar surface area (TPSA) is 34.1 Å². The summed E-state index contributed by atoms with van der Waals surface area (Å²) >= 11 is 0. The lowest BCUT2D eigenvalue weighted by Gasteiger charge is -2.21. The van der Waals surface area contributed by atoms with E-state index in [-0.39, 0.29) is 0 Å². The predicted molar refractivity (Wildman–Crippen MR) is 74.6 cm³/mol. The van der Waals surface area contributed by atoms with Gasteiger partial charge in [-0.25, -0.2) is 4.98 Å². The van der Waals surface area contributed by atoms with Crippen LogP contribution in [-0.4, -0.2) is 18.1 Å². The third kappa shape index (κ3) is 4.30. The number of pyridine rings is 1. The van der Waals surface area contributed by atoms with Gasteiger partial charge in [0, 0.05) is 13.2 Å². The van der Waals surface area contributed by atoms with E-state index in [4.69, 9.17) is 4.74 Å². The van der Waals surface area contributed by atoms with Crippen molar-refractivity contribution in [1.29, 1.82) is 0 Å². The molecule has 0 atom stereocenters. The molecule has 1 fully saturated rings. The third-order valence-corrected chi connectivity index (χ3v) is 3.49. The highest BCUT2D eigenvalue weighted by atomic mass is 16.5. The van der Waals surface area contributed by atoms with Crippen molar-refractivity contribution in [1.82, 2.24) is 4.98 Å². The van der Waals surface area contributed by atoms with Gasteiger partial charge in [-0.1, -0.05) is 25.3 Å². The smallest absolute Gasteiger partial charge is 0.126 e. The molecule has 0 spiro atoms. The standard InChI is InChI=1S/C15H24N2O/c1-2-16-15-10-6-9-14(17-15)12-18-11-13-7-4-3-5-8-13/h6,9-10,13H,2-5,7-8,11-12H2,1H3,(H,16,17). The van der Waals surface area contributed by atoms with E-state index in [1.54, 1.807) is 0 Å². The van der Waals surface area contributed by atoms with E-state index in [1.165, 1.54) is 32.1 Å². The minimum atomic E-state index is 0.635. The molecule has 1 aliphatic rings. The zero-order valence-corrected chi connectivity index (χ0v) is 11.3. The Hall–Kier alpha value is -1.09. The summed E-state index contributed by atoms with van der Waals surface area (Å²) in [5.41, 5.74) is 1.02. The van der Waals surface area contributed by atoms with Crippen LogP contribution in [0.15, 0.2) is 18.2 Å². The fourth-order valence-corrected chi connectivity index (χ4v) is 2.52. The maximum Gasteiger partial charge on any atom is 0.126 e. The Morgan fingerprint density at radius 1 is 1.28 bits per heavy atom. The molecule has 100 valence electrons. The average molecular weight is 248 g/mol. The summed E-state index contributed by atoms with van der Waals surface area (Å²) in [6.45, 7) is 4.51. The molecular formula is C15H24N2O. The molecule has 0 amide bonds. The molecule has 2 rings (SSSR count). The third-order valence-electron chi connectivity index (χ3n) is 3.49. The SMILES string of the molecule is CCNc1cccc(COCC2CCCCC2)n1. The molecule has 3 nitrogen and oxygen atoms in total. The highest BCUT2D eigenvalue weighted by Gasteiger charge is 2.13. The van der Waals surface area contributed by atoms with E-state index >= 15 is 0 Å². The van der Waals surface area contributed by atoms with Gasteiger partial charge in [0.05, 0.1) is 12.3 Å². The maximum atomic E-state index is 5.80. The number of anilines is 1. The summed E-state index contributed by atoms with van der Waals surface area (Å²) in [4.78, 5) is 4.51. The van der Waals surface area contributed by atoms with Gasteiger partial charge in [0.2, 0.25) is 0 Å². The first-order valence-electron chi connectivity index (χ1n) is 7.16. The highest BCUT2D eigenvalue weighted by Crippen LogP contribution is 2.23. The van der Waals surface area contributed by atoms with Gasteiger partial charge >= 0.3 is 0 Å². The highest BCUT2D eigenvalue weighted by molar-refractivity contribution is 5.34. The molecule has 1 heterocycles. The van der Waals surface area contributed by atoms with E-state index in [0.717, 1.165) is 30.6 Å². The first-order chi connectivity index (χ1) is 8.88. The van der Waals surface area contributed by atoms with Crippen LogP contribution in [0.25, 0.3) is 0 Å². The molecule has 0 aliphatic heterocycles. The largest absolute Gasteiger partial charge is 0.375 e. The Morgan fingerprint density at radius 3 is 2.89 bits per heavy atom. The minimum Gasteiger partial charge on any atom is -0.375 e. The maximum absolute atomic E-state index is 5.80. The van der Waals surface area contributed by atoms with Crippen LogP contribution in [0.3, 0.4) is 0 Å². The van der Waals surface area contributed by atoms with Crippen molar-refractivity contribution < 1.29 is 4.74 Å². The van der Waals surface area contributed by atoms with Crippen molar-refractivity contribution in [3.63, 3.8) is 0 Å². The summed E-state index contributed by atoms with van der Waals surface area (Å²) in [6, 6.07) is 6.06. The molecule has 0 radical (unpaired) electrons. The molecular weight excluding hydrogens is 224 g/mol. The van der Waals surface area contributed by atoms with E-state index in [9.17, 15) is 0 Å². The van der Waals surface area contributed by atoms with Gasteiger partial charge in [-0.3, -0.25) is 0 Å². The first-order valence-corrected chi connectivity index (χ1v) is 7.16. The zero-order valence-electron chi connectivity index (χ0n) is 11.3. The molecule has 1 N–H and O–H groups in total. The zero-order chi connectivity index (χ0) is 12.6. The van der Waals surface area contributed by atoms with Crippen LogP contribution in [-0.2, 0) is 11.3 Å². The summed E-state index contributed by atoms with van der Waals surface area (Å²) in [5, 5.41) is 3.22. The second-order valence-electron chi connectivity index (χ2n) is 5.06. The molecule has 1 aromatic rings. The van der Waals surface area contributed by atoms with Gasteiger partial charge in [-0.15, -0.1) is 0 Å². The van der Waals surface area contributed by atoms with Crippen molar-refractivity contribution >= 4 is 5.82 Å². The molecule has 0 saturated heterocycles. The molecule has 1 aromatic heterocycles. The lowest BCUT2D eigenvalue weighted by Crippen LogP contribution is -2.13. The molecule has 1 saturated carbocycles. The Bertz CT molecular complexity index is 348. The number of rotatable bonds is 6. The average Bonchev–Trinajstić information content (AvgIpc) is 2.41. The van der Waals surface area contributed by atoms with Crippen molar-refractivity contribution in [2.45, 2.75) is 45.6 Å². The number of ether oxygens (including phenoxy) is 1. The van der Waals surface area contributed by atoms with Crippen LogP contribution in [0.5, 0.6) is 0 Å². The van der Waals surface area contributed by atoms with Gasteiger partial charge < -0.3 is 10.1 Å². The summed E-state index contributed by atoms with van der Waals surface area (Å²) in [5.74, 6) is 1.71. The molecule has 0 aromatic carbocycles. The van der Waals surface area contributed by atoms with Gasteiger partial charge in [0.15, 0.2) is 0 Å². The Morgan fingerprint density at radius 2 is 2.11 bits per heavy atom.